The van der Waals surface area contributed by atoms with E-state index in [1.807, 2.05) is 15.2 Å². The SMILES string of the molecule is CC1=C(C(=O)OC(C)C)[C@H](c2ccc([N+](=O)[O-])cc2)N2C(CC(=O)N3CCCC3)=CSC2=N1. The third kappa shape index (κ3) is 4.66. The third-order valence-corrected chi connectivity index (χ3v) is 6.66. The minimum Gasteiger partial charge on any atom is -0.459 e. The minimum atomic E-state index is -0.600. The maximum absolute atomic E-state index is 13.1. The maximum Gasteiger partial charge on any atom is 0.338 e. The Kier molecular flexibility index (Phi) is 6.55. The van der Waals surface area contributed by atoms with Gasteiger partial charge in [0.1, 0.15) is 0 Å². The summed E-state index contributed by atoms with van der Waals surface area (Å²) in [5, 5.41) is 13.7. The van der Waals surface area contributed by atoms with Gasteiger partial charge in [-0.05, 0) is 56.7 Å². The quantitative estimate of drug-likeness (QED) is 0.350. The average molecular weight is 471 g/mol. The fourth-order valence-corrected chi connectivity index (χ4v) is 5.20. The number of thioether (sulfide) groups is 1. The van der Waals surface area contributed by atoms with Crippen LogP contribution in [-0.4, -0.2) is 51.0 Å². The van der Waals surface area contributed by atoms with Crippen molar-refractivity contribution in [1.82, 2.24) is 9.80 Å². The van der Waals surface area contributed by atoms with Crippen molar-refractivity contribution in [2.45, 2.75) is 52.2 Å². The van der Waals surface area contributed by atoms with Gasteiger partial charge in [-0.3, -0.25) is 14.9 Å². The largest absolute Gasteiger partial charge is 0.459 e. The van der Waals surface area contributed by atoms with Crippen LogP contribution < -0.4 is 0 Å². The van der Waals surface area contributed by atoms with E-state index in [9.17, 15) is 19.7 Å². The molecule has 33 heavy (non-hydrogen) atoms. The Morgan fingerprint density at radius 2 is 1.91 bits per heavy atom. The first kappa shape index (κ1) is 23.0. The topological polar surface area (TPSA) is 105 Å². The van der Waals surface area contributed by atoms with Gasteiger partial charge >= 0.3 is 5.97 Å². The summed E-state index contributed by atoms with van der Waals surface area (Å²) in [6, 6.07) is 5.53. The number of amidine groups is 1. The zero-order valence-corrected chi connectivity index (χ0v) is 19.6. The standard InChI is InChI=1S/C23H26N4O5S/c1-14(2)32-22(29)20-15(3)24-23-26(21(20)16-6-8-17(9-7-16)27(30)31)18(13-33-23)12-19(28)25-10-4-5-11-25/h6-9,13-14,21H,4-5,10-12H2,1-3H3/t21-/m0/s1. The van der Waals surface area contributed by atoms with E-state index >= 15 is 0 Å². The van der Waals surface area contributed by atoms with Crippen molar-refractivity contribution in [1.29, 1.82) is 0 Å². The molecule has 0 spiro atoms. The van der Waals surface area contributed by atoms with Gasteiger partial charge in [-0.25, -0.2) is 9.79 Å². The first-order valence-corrected chi connectivity index (χ1v) is 11.8. The molecule has 1 atom stereocenters. The molecule has 1 fully saturated rings. The molecule has 0 saturated carbocycles. The highest BCUT2D eigenvalue weighted by Gasteiger charge is 2.41. The molecular weight excluding hydrogens is 444 g/mol. The smallest absolute Gasteiger partial charge is 0.338 e. The second-order valence-corrected chi connectivity index (χ2v) is 9.30. The molecule has 0 bridgehead atoms. The number of rotatable bonds is 6. The summed E-state index contributed by atoms with van der Waals surface area (Å²) in [5.74, 6) is -0.448. The second-order valence-electron chi connectivity index (χ2n) is 8.46. The van der Waals surface area contributed by atoms with E-state index in [1.54, 1.807) is 32.9 Å². The average Bonchev–Trinajstić information content (AvgIpc) is 3.43. The molecule has 0 unspecified atom stereocenters. The molecule has 3 heterocycles. The van der Waals surface area contributed by atoms with E-state index in [2.05, 4.69) is 4.99 Å². The number of aliphatic imine (C=N–C) groups is 1. The Morgan fingerprint density at radius 1 is 1.24 bits per heavy atom. The molecule has 9 nitrogen and oxygen atoms in total. The predicted octanol–water partition coefficient (Wildman–Crippen LogP) is 4.13. The van der Waals surface area contributed by atoms with Crippen LogP contribution in [0.4, 0.5) is 5.69 Å². The lowest BCUT2D eigenvalue weighted by molar-refractivity contribution is -0.384. The van der Waals surface area contributed by atoms with Gasteiger partial charge in [-0.1, -0.05) is 11.8 Å². The van der Waals surface area contributed by atoms with E-state index in [0.29, 0.717) is 22.0 Å². The lowest BCUT2D eigenvalue weighted by Gasteiger charge is -2.36. The van der Waals surface area contributed by atoms with E-state index in [0.717, 1.165) is 31.6 Å². The number of nitro benzene ring substituents is 1. The number of likely N-dealkylation sites (tertiary alicyclic amines) is 1. The number of carbonyl (C=O) groups is 2. The van der Waals surface area contributed by atoms with E-state index in [-0.39, 0.29) is 24.1 Å². The lowest BCUT2D eigenvalue weighted by Crippen LogP contribution is -2.38. The van der Waals surface area contributed by atoms with Crippen LogP contribution in [0.2, 0.25) is 0 Å². The molecule has 1 amide bonds. The van der Waals surface area contributed by atoms with Crippen LogP contribution in [0, 0.1) is 10.1 Å². The summed E-state index contributed by atoms with van der Waals surface area (Å²) in [5.41, 5.74) is 2.30. The predicted molar refractivity (Wildman–Crippen MR) is 125 cm³/mol. The zero-order chi connectivity index (χ0) is 23.7. The molecule has 4 rings (SSSR count). The van der Waals surface area contributed by atoms with Crippen LogP contribution in [0.15, 0.2) is 51.6 Å². The monoisotopic (exact) mass is 470 g/mol. The van der Waals surface area contributed by atoms with E-state index in [4.69, 9.17) is 4.74 Å². The number of ether oxygens (including phenoxy) is 1. The highest BCUT2D eigenvalue weighted by atomic mass is 32.2. The second kappa shape index (κ2) is 9.38. The molecule has 0 radical (unpaired) electrons. The number of nitrogens with zero attached hydrogens (tertiary/aromatic N) is 4. The van der Waals surface area contributed by atoms with Gasteiger partial charge in [0.25, 0.3) is 5.69 Å². The molecule has 1 saturated heterocycles. The van der Waals surface area contributed by atoms with Crippen LogP contribution in [0.1, 0.15) is 51.6 Å². The van der Waals surface area contributed by atoms with Crippen LogP contribution >= 0.6 is 11.8 Å². The number of fused-ring (bicyclic) bond motifs is 1. The first-order valence-electron chi connectivity index (χ1n) is 10.9. The fourth-order valence-electron chi connectivity index (χ4n) is 4.24. The van der Waals surface area contributed by atoms with Crippen LogP contribution in [0.25, 0.3) is 0 Å². The van der Waals surface area contributed by atoms with Crippen LogP contribution in [-0.2, 0) is 14.3 Å². The summed E-state index contributed by atoms with van der Waals surface area (Å²) in [6.07, 6.45) is 1.89. The first-order chi connectivity index (χ1) is 15.8. The molecule has 3 aliphatic heterocycles. The summed E-state index contributed by atoms with van der Waals surface area (Å²) < 4.78 is 5.52. The van der Waals surface area contributed by atoms with Crippen molar-refractivity contribution in [2.24, 2.45) is 4.99 Å². The van der Waals surface area contributed by atoms with Gasteiger partial charge < -0.3 is 14.5 Å². The number of allylic oxidation sites excluding steroid dienone is 1. The van der Waals surface area contributed by atoms with Crippen molar-refractivity contribution in [3.8, 4) is 0 Å². The molecule has 0 aromatic heterocycles. The van der Waals surface area contributed by atoms with Gasteiger partial charge in [0, 0.05) is 30.9 Å². The van der Waals surface area contributed by atoms with E-state index in [1.165, 1.54) is 23.9 Å². The van der Waals surface area contributed by atoms with Crippen molar-refractivity contribution in [3.63, 3.8) is 0 Å². The Balaban J connectivity index is 1.72. The highest BCUT2D eigenvalue weighted by molar-refractivity contribution is 8.16. The Bertz CT molecular complexity index is 1070. The normalized spacial score (nSPS) is 20.1. The van der Waals surface area contributed by atoms with Gasteiger partial charge in [-0.2, -0.15) is 0 Å². The van der Waals surface area contributed by atoms with Gasteiger partial charge in [-0.15, -0.1) is 0 Å². The van der Waals surface area contributed by atoms with Crippen molar-refractivity contribution in [3.05, 3.63) is 62.3 Å². The lowest BCUT2D eigenvalue weighted by atomic mass is 9.93. The summed E-state index contributed by atoms with van der Waals surface area (Å²) in [7, 11) is 0. The number of amides is 1. The molecule has 10 heteroatoms. The Morgan fingerprint density at radius 3 is 2.52 bits per heavy atom. The molecular formula is C23H26N4O5S. The number of benzene rings is 1. The Labute approximate surface area is 196 Å². The molecule has 0 aliphatic carbocycles. The molecule has 1 aromatic carbocycles. The molecule has 0 N–H and O–H groups in total. The van der Waals surface area contributed by atoms with Gasteiger partial charge in [0.05, 0.1) is 34.8 Å². The van der Waals surface area contributed by atoms with Crippen molar-refractivity contribution in [2.75, 3.05) is 13.1 Å². The molecule has 174 valence electrons. The Hall–Kier alpha value is -3.14. The number of hydrogen-bond donors (Lipinski definition) is 0. The van der Waals surface area contributed by atoms with Crippen molar-refractivity contribution < 1.29 is 19.2 Å². The van der Waals surface area contributed by atoms with E-state index < -0.39 is 16.9 Å². The maximum atomic E-state index is 13.1. The molecule has 1 aromatic rings. The number of carbonyl (C=O) groups excluding carboxylic acids is 2. The number of hydrogen-bond acceptors (Lipinski definition) is 8. The molecule has 3 aliphatic rings. The zero-order valence-electron chi connectivity index (χ0n) is 18.8. The summed E-state index contributed by atoms with van der Waals surface area (Å²) in [6.45, 7) is 6.83. The summed E-state index contributed by atoms with van der Waals surface area (Å²) >= 11 is 1.41. The van der Waals surface area contributed by atoms with Gasteiger partial charge in [0.2, 0.25) is 5.91 Å². The number of esters is 1. The highest BCUT2D eigenvalue weighted by Crippen LogP contribution is 2.45. The fraction of sp³-hybridized carbons (Fsp3) is 0.435. The van der Waals surface area contributed by atoms with Crippen LogP contribution in [0.5, 0.6) is 0 Å². The van der Waals surface area contributed by atoms with Gasteiger partial charge in [0.15, 0.2) is 5.17 Å². The van der Waals surface area contributed by atoms with Crippen LogP contribution in [0.3, 0.4) is 0 Å². The summed E-state index contributed by atoms with van der Waals surface area (Å²) in [4.78, 5) is 45.1. The minimum absolute atomic E-state index is 0.0359. The van der Waals surface area contributed by atoms with Crippen molar-refractivity contribution >= 4 is 34.5 Å². The number of nitro groups is 1. The third-order valence-electron chi connectivity index (χ3n) is 5.77. The number of non-ortho nitro benzene ring substituents is 1.